The molecule has 2 heteroatoms. The molecular weight excluding hydrogens is 222 g/mol. The standard InChI is InChI=1S/C16H31NO/c1-5-18-15-10-14(11-15)17-13-8-6-12(7-9-13)16(2,3)4/h12-15,17H,5-11H2,1-4H3. The lowest BCUT2D eigenvalue weighted by Gasteiger charge is -2.42. The van der Waals surface area contributed by atoms with Crippen LogP contribution in [-0.4, -0.2) is 24.8 Å². The molecule has 0 radical (unpaired) electrons. The van der Waals surface area contributed by atoms with Crippen molar-refractivity contribution in [3.63, 3.8) is 0 Å². The van der Waals surface area contributed by atoms with Gasteiger partial charge in [0.2, 0.25) is 0 Å². The van der Waals surface area contributed by atoms with Crippen LogP contribution in [-0.2, 0) is 4.74 Å². The average Bonchev–Trinajstić information content (AvgIpc) is 2.26. The minimum Gasteiger partial charge on any atom is -0.378 e. The molecule has 18 heavy (non-hydrogen) atoms. The highest BCUT2D eigenvalue weighted by atomic mass is 16.5. The summed E-state index contributed by atoms with van der Waals surface area (Å²) in [5.41, 5.74) is 0.501. The predicted octanol–water partition coefficient (Wildman–Crippen LogP) is 3.75. The molecule has 2 aliphatic rings. The predicted molar refractivity (Wildman–Crippen MR) is 76.8 cm³/mol. The molecule has 0 aliphatic heterocycles. The molecule has 0 unspecified atom stereocenters. The summed E-state index contributed by atoms with van der Waals surface area (Å²) < 4.78 is 5.62. The summed E-state index contributed by atoms with van der Waals surface area (Å²) in [6, 6.07) is 1.51. The lowest BCUT2D eigenvalue weighted by atomic mass is 9.71. The average molecular weight is 253 g/mol. The van der Waals surface area contributed by atoms with Crippen LogP contribution in [0.2, 0.25) is 0 Å². The van der Waals surface area contributed by atoms with E-state index in [1.54, 1.807) is 0 Å². The first kappa shape index (κ1) is 14.3. The Hall–Kier alpha value is -0.0800. The van der Waals surface area contributed by atoms with Crippen molar-refractivity contribution in [3.8, 4) is 0 Å². The Kier molecular flexibility index (Phi) is 4.71. The van der Waals surface area contributed by atoms with Gasteiger partial charge in [-0.25, -0.2) is 0 Å². The van der Waals surface area contributed by atoms with Crippen LogP contribution < -0.4 is 5.32 Å². The van der Waals surface area contributed by atoms with Crippen molar-refractivity contribution in [3.05, 3.63) is 0 Å². The Morgan fingerprint density at radius 3 is 2.11 bits per heavy atom. The highest BCUT2D eigenvalue weighted by molar-refractivity contribution is 4.91. The van der Waals surface area contributed by atoms with Gasteiger partial charge >= 0.3 is 0 Å². The Morgan fingerprint density at radius 2 is 1.61 bits per heavy atom. The quantitative estimate of drug-likeness (QED) is 0.824. The highest BCUT2D eigenvalue weighted by Gasteiger charge is 2.34. The maximum Gasteiger partial charge on any atom is 0.0604 e. The summed E-state index contributed by atoms with van der Waals surface area (Å²) in [6.07, 6.45) is 8.56. The van der Waals surface area contributed by atoms with E-state index in [0.29, 0.717) is 11.5 Å². The number of nitrogens with one attached hydrogen (secondary N) is 1. The Bertz CT molecular complexity index is 244. The number of hydrogen-bond donors (Lipinski definition) is 1. The summed E-state index contributed by atoms with van der Waals surface area (Å²) in [4.78, 5) is 0. The zero-order valence-electron chi connectivity index (χ0n) is 12.7. The van der Waals surface area contributed by atoms with Crippen molar-refractivity contribution in [1.82, 2.24) is 5.32 Å². The zero-order chi connectivity index (χ0) is 13.2. The maximum absolute atomic E-state index is 5.62. The van der Waals surface area contributed by atoms with Crippen molar-refractivity contribution in [2.24, 2.45) is 11.3 Å². The molecule has 2 nitrogen and oxygen atoms in total. The van der Waals surface area contributed by atoms with Crippen LogP contribution in [0, 0.1) is 11.3 Å². The summed E-state index contributed by atoms with van der Waals surface area (Å²) in [6.45, 7) is 10.1. The SMILES string of the molecule is CCOC1CC(NC2CCC(C(C)(C)C)CC2)C1. The summed E-state index contributed by atoms with van der Waals surface area (Å²) in [5.74, 6) is 0.924. The van der Waals surface area contributed by atoms with E-state index >= 15 is 0 Å². The molecule has 0 atom stereocenters. The molecule has 106 valence electrons. The molecule has 0 aromatic carbocycles. The third-order valence-corrected chi connectivity index (χ3v) is 4.92. The van der Waals surface area contributed by atoms with E-state index < -0.39 is 0 Å². The Morgan fingerprint density at radius 1 is 1.00 bits per heavy atom. The van der Waals surface area contributed by atoms with Gasteiger partial charge in [0.15, 0.2) is 0 Å². The molecule has 0 bridgehead atoms. The van der Waals surface area contributed by atoms with E-state index in [2.05, 4.69) is 33.0 Å². The normalized spacial score (nSPS) is 37.3. The summed E-state index contributed by atoms with van der Waals surface area (Å²) in [7, 11) is 0. The van der Waals surface area contributed by atoms with Crippen LogP contribution in [0.1, 0.15) is 66.2 Å². The van der Waals surface area contributed by atoms with E-state index in [-0.39, 0.29) is 0 Å². The second-order valence-electron chi connectivity index (χ2n) is 7.33. The Labute approximate surface area is 113 Å². The van der Waals surface area contributed by atoms with Gasteiger partial charge in [-0.05, 0) is 56.8 Å². The molecule has 1 N–H and O–H groups in total. The van der Waals surface area contributed by atoms with Crippen LogP contribution in [0.15, 0.2) is 0 Å². The number of rotatable bonds is 4. The highest BCUT2D eigenvalue weighted by Crippen LogP contribution is 2.38. The minimum atomic E-state index is 0.501. The second-order valence-corrected chi connectivity index (χ2v) is 7.33. The van der Waals surface area contributed by atoms with Crippen molar-refractivity contribution in [2.75, 3.05) is 6.61 Å². The maximum atomic E-state index is 5.62. The molecule has 0 aromatic heterocycles. The van der Waals surface area contributed by atoms with Gasteiger partial charge in [0.05, 0.1) is 6.10 Å². The number of hydrogen-bond acceptors (Lipinski definition) is 2. The van der Waals surface area contributed by atoms with Crippen molar-refractivity contribution < 1.29 is 4.74 Å². The topological polar surface area (TPSA) is 21.3 Å². The van der Waals surface area contributed by atoms with Crippen LogP contribution in [0.4, 0.5) is 0 Å². The molecular formula is C16H31NO. The molecule has 2 rings (SSSR count). The lowest BCUT2D eigenvalue weighted by molar-refractivity contribution is -0.0144. The first-order valence-electron chi connectivity index (χ1n) is 7.86. The molecule has 2 fully saturated rings. The molecule has 0 spiro atoms. The zero-order valence-corrected chi connectivity index (χ0v) is 12.7. The third kappa shape index (κ3) is 3.71. The van der Waals surface area contributed by atoms with Crippen molar-refractivity contribution in [1.29, 1.82) is 0 Å². The summed E-state index contributed by atoms with van der Waals surface area (Å²) in [5, 5.41) is 3.84. The van der Waals surface area contributed by atoms with Gasteiger partial charge in [-0.3, -0.25) is 0 Å². The molecule has 0 heterocycles. The first-order chi connectivity index (χ1) is 8.49. The van der Waals surface area contributed by atoms with E-state index in [0.717, 1.165) is 24.6 Å². The minimum absolute atomic E-state index is 0.501. The molecule has 0 aromatic rings. The van der Waals surface area contributed by atoms with E-state index in [9.17, 15) is 0 Å². The van der Waals surface area contributed by atoms with Crippen LogP contribution >= 0.6 is 0 Å². The van der Waals surface area contributed by atoms with Crippen LogP contribution in [0.5, 0.6) is 0 Å². The Balaban J connectivity index is 1.63. The lowest BCUT2D eigenvalue weighted by Crippen LogP contribution is -2.50. The van der Waals surface area contributed by atoms with Crippen molar-refractivity contribution in [2.45, 2.75) is 84.4 Å². The van der Waals surface area contributed by atoms with Gasteiger partial charge in [-0.1, -0.05) is 20.8 Å². The fraction of sp³-hybridized carbons (Fsp3) is 1.00. The fourth-order valence-corrected chi connectivity index (χ4v) is 3.53. The smallest absolute Gasteiger partial charge is 0.0604 e. The van der Waals surface area contributed by atoms with E-state index in [1.165, 1.54) is 38.5 Å². The molecule has 0 amide bonds. The first-order valence-corrected chi connectivity index (χ1v) is 7.86. The van der Waals surface area contributed by atoms with E-state index in [1.807, 2.05) is 0 Å². The van der Waals surface area contributed by atoms with Gasteiger partial charge in [0.25, 0.3) is 0 Å². The molecule has 2 saturated carbocycles. The third-order valence-electron chi connectivity index (χ3n) is 4.92. The number of ether oxygens (including phenoxy) is 1. The van der Waals surface area contributed by atoms with Crippen molar-refractivity contribution >= 4 is 0 Å². The van der Waals surface area contributed by atoms with Crippen LogP contribution in [0.3, 0.4) is 0 Å². The van der Waals surface area contributed by atoms with Gasteiger partial charge in [-0.15, -0.1) is 0 Å². The van der Waals surface area contributed by atoms with E-state index in [4.69, 9.17) is 4.74 Å². The fourth-order valence-electron chi connectivity index (χ4n) is 3.53. The molecule has 2 aliphatic carbocycles. The van der Waals surface area contributed by atoms with Gasteiger partial charge in [0, 0.05) is 18.7 Å². The van der Waals surface area contributed by atoms with Crippen LogP contribution in [0.25, 0.3) is 0 Å². The van der Waals surface area contributed by atoms with Gasteiger partial charge in [0.1, 0.15) is 0 Å². The van der Waals surface area contributed by atoms with Gasteiger partial charge in [-0.2, -0.15) is 0 Å². The monoisotopic (exact) mass is 253 g/mol. The second kappa shape index (κ2) is 5.92. The summed E-state index contributed by atoms with van der Waals surface area (Å²) >= 11 is 0. The molecule has 0 saturated heterocycles. The largest absolute Gasteiger partial charge is 0.378 e. The van der Waals surface area contributed by atoms with Gasteiger partial charge < -0.3 is 10.1 Å².